The van der Waals surface area contributed by atoms with Crippen LogP contribution in [0, 0.1) is 0 Å². The average Bonchev–Trinajstić information content (AvgIpc) is 2.98. The van der Waals surface area contributed by atoms with Crippen molar-refractivity contribution < 1.29 is 23.3 Å². The first-order valence-electron chi connectivity index (χ1n) is 14.4. The molecule has 9 nitrogen and oxygen atoms in total. The van der Waals surface area contributed by atoms with Gasteiger partial charge in [-0.3, -0.25) is 4.79 Å². The van der Waals surface area contributed by atoms with Gasteiger partial charge in [-0.15, -0.1) is 0 Å². The van der Waals surface area contributed by atoms with Crippen LogP contribution in [0.15, 0.2) is 35.3 Å². The molecule has 220 valence electrons. The van der Waals surface area contributed by atoms with Gasteiger partial charge in [-0.2, -0.15) is 5.10 Å². The normalized spacial score (nSPS) is 27.2. The third-order valence-electron chi connectivity index (χ3n) is 8.03. The third kappa shape index (κ3) is 7.08. The zero-order valence-electron chi connectivity index (χ0n) is 23.2. The van der Waals surface area contributed by atoms with Crippen LogP contribution in [0.25, 0.3) is 0 Å². The Kier molecular flexibility index (Phi) is 9.83. The van der Waals surface area contributed by atoms with Crippen molar-refractivity contribution in [2.75, 3.05) is 62.9 Å². The minimum atomic E-state index is -1.47. The molecule has 2 aromatic rings. The molecule has 1 aromatic carbocycles. The lowest BCUT2D eigenvalue weighted by molar-refractivity contribution is -0.0847. The Morgan fingerprint density at radius 3 is 2.65 bits per heavy atom. The Balaban J connectivity index is 1.24. The molecule has 2 aliphatic heterocycles. The highest BCUT2D eigenvalue weighted by Gasteiger charge is 2.34. The highest BCUT2D eigenvalue weighted by atomic mass is 35.5. The summed E-state index contributed by atoms with van der Waals surface area (Å²) in [5.41, 5.74) is -0.350. The molecular weight excluding hydrogens is 539 g/mol. The first kappa shape index (κ1) is 29.1. The first-order chi connectivity index (χ1) is 19.5. The third-order valence-corrected chi connectivity index (χ3v) is 8.40. The van der Waals surface area contributed by atoms with Crippen LogP contribution in [0.3, 0.4) is 0 Å². The highest BCUT2D eigenvalue weighted by Crippen LogP contribution is 2.34. The maximum Gasteiger partial charge on any atom is 0.287 e. The lowest BCUT2D eigenvalue weighted by atomic mass is 9.89. The van der Waals surface area contributed by atoms with Crippen molar-refractivity contribution in [1.29, 1.82) is 0 Å². The van der Waals surface area contributed by atoms with E-state index >= 15 is 0 Å². The Bertz CT molecular complexity index is 1150. The number of anilines is 2. The molecule has 2 atom stereocenters. The molecule has 3 aliphatic rings. The van der Waals surface area contributed by atoms with Crippen LogP contribution in [0.1, 0.15) is 51.5 Å². The Labute approximate surface area is 239 Å². The molecule has 1 saturated carbocycles. The SMILES string of the molecule is CCOc1ccc(N(C[C@H]2COCCO2)[C@H]2CC[C@@H](n3ncc(NC[C@]4(F)CCCOC4)c(Cl)c3=O)CC2)cc1. The van der Waals surface area contributed by atoms with Crippen molar-refractivity contribution in [2.45, 2.75) is 69.3 Å². The summed E-state index contributed by atoms with van der Waals surface area (Å²) in [6.45, 7) is 5.79. The summed E-state index contributed by atoms with van der Waals surface area (Å²) in [7, 11) is 0. The van der Waals surface area contributed by atoms with Gasteiger partial charge in [0.1, 0.15) is 10.8 Å². The topological polar surface area (TPSA) is 87.1 Å². The molecule has 40 heavy (non-hydrogen) atoms. The number of hydrogen-bond donors (Lipinski definition) is 1. The van der Waals surface area contributed by atoms with Crippen LogP contribution in [-0.4, -0.2) is 80.3 Å². The summed E-state index contributed by atoms with van der Waals surface area (Å²) in [5, 5.41) is 7.47. The van der Waals surface area contributed by atoms with E-state index < -0.39 is 5.67 Å². The van der Waals surface area contributed by atoms with Crippen LogP contribution in [0.4, 0.5) is 15.8 Å². The fourth-order valence-corrected chi connectivity index (χ4v) is 6.08. The smallest absolute Gasteiger partial charge is 0.287 e. The van der Waals surface area contributed by atoms with E-state index in [2.05, 4.69) is 27.4 Å². The molecular formula is C29H40ClFN4O5. The number of alkyl halides is 1. The second kappa shape index (κ2) is 13.5. The molecule has 0 unspecified atom stereocenters. The molecule has 2 saturated heterocycles. The van der Waals surface area contributed by atoms with Gasteiger partial charge in [0.25, 0.3) is 5.56 Å². The summed E-state index contributed by atoms with van der Waals surface area (Å²) < 4.78 is 39.0. The molecule has 1 aliphatic carbocycles. The molecule has 3 fully saturated rings. The minimum absolute atomic E-state index is 0.00445. The van der Waals surface area contributed by atoms with Crippen molar-refractivity contribution >= 4 is 23.0 Å². The summed E-state index contributed by atoms with van der Waals surface area (Å²) in [5.74, 6) is 0.848. The second-order valence-electron chi connectivity index (χ2n) is 10.9. The predicted molar refractivity (Wildman–Crippen MR) is 153 cm³/mol. The highest BCUT2D eigenvalue weighted by molar-refractivity contribution is 6.32. The largest absolute Gasteiger partial charge is 0.494 e. The quantitative estimate of drug-likeness (QED) is 0.437. The van der Waals surface area contributed by atoms with Crippen molar-refractivity contribution in [2.24, 2.45) is 0 Å². The summed E-state index contributed by atoms with van der Waals surface area (Å²) in [6, 6.07) is 8.43. The molecule has 0 amide bonds. The van der Waals surface area contributed by atoms with E-state index in [0.717, 1.165) is 43.7 Å². The summed E-state index contributed by atoms with van der Waals surface area (Å²) in [6.07, 6.45) is 6.00. The van der Waals surface area contributed by atoms with Gasteiger partial charge in [0.05, 0.1) is 63.6 Å². The lowest BCUT2D eigenvalue weighted by Crippen LogP contribution is -2.46. The molecule has 0 bridgehead atoms. The maximum atomic E-state index is 14.9. The number of benzene rings is 1. The number of hydrogen-bond acceptors (Lipinski definition) is 8. The molecule has 0 radical (unpaired) electrons. The molecule has 1 N–H and O–H groups in total. The Morgan fingerprint density at radius 2 is 1.98 bits per heavy atom. The number of rotatable bonds is 10. The average molecular weight is 579 g/mol. The van der Waals surface area contributed by atoms with Crippen LogP contribution in [-0.2, 0) is 14.2 Å². The number of aromatic nitrogens is 2. The van der Waals surface area contributed by atoms with E-state index in [1.54, 1.807) is 0 Å². The zero-order chi connectivity index (χ0) is 28.0. The lowest BCUT2D eigenvalue weighted by Gasteiger charge is -2.40. The first-order valence-corrected chi connectivity index (χ1v) is 14.8. The summed E-state index contributed by atoms with van der Waals surface area (Å²) >= 11 is 6.45. The van der Waals surface area contributed by atoms with E-state index in [-0.39, 0.29) is 41.9 Å². The molecule has 1 aromatic heterocycles. The van der Waals surface area contributed by atoms with Gasteiger partial charge < -0.3 is 29.2 Å². The number of halogens is 2. The van der Waals surface area contributed by atoms with Crippen LogP contribution >= 0.6 is 11.6 Å². The molecule has 3 heterocycles. The van der Waals surface area contributed by atoms with E-state index in [0.29, 0.717) is 51.6 Å². The van der Waals surface area contributed by atoms with Gasteiger partial charge in [-0.1, -0.05) is 11.6 Å². The van der Waals surface area contributed by atoms with Crippen LogP contribution < -0.4 is 20.5 Å². The van der Waals surface area contributed by atoms with Gasteiger partial charge in [0.2, 0.25) is 0 Å². The van der Waals surface area contributed by atoms with Crippen molar-refractivity contribution in [3.8, 4) is 5.75 Å². The second-order valence-corrected chi connectivity index (χ2v) is 11.3. The fraction of sp³-hybridized carbons (Fsp3) is 0.655. The predicted octanol–water partition coefficient (Wildman–Crippen LogP) is 4.63. The maximum absolute atomic E-state index is 14.9. The van der Waals surface area contributed by atoms with E-state index in [1.807, 2.05) is 19.1 Å². The molecule has 0 spiro atoms. The van der Waals surface area contributed by atoms with Crippen LogP contribution in [0.5, 0.6) is 5.75 Å². The van der Waals surface area contributed by atoms with Gasteiger partial charge in [-0.25, -0.2) is 9.07 Å². The van der Waals surface area contributed by atoms with E-state index in [1.165, 1.54) is 10.9 Å². The fourth-order valence-electron chi connectivity index (χ4n) is 5.88. The molecule has 5 rings (SSSR count). The standard InChI is InChI=1S/C29H40ClFN4O5/c1-2-39-24-10-8-22(9-11-24)34(17-25-18-37-14-15-40-25)21-4-6-23(7-5-21)35-28(36)27(30)26(16-33-35)32-19-29(31)12-3-13-38-20-29/h8-11,16,21,23,25,32H,2-7,12-15,17-20H2,1H3/t21-,23+,25-,29+/m0/s1. The number of ether oxygens (including phenoxy) is 4. The summed E-state index contributed by atoms with van der Waals surface area (Å²) in [4.78, 5) is 15.6. The van der Waals surface area contributed by atoms with Gasteiger partial charge >= 0.3 is 0 Å². The Morgan fingerprint density at radius 1 is 1.18 bits per heavy atom. The number of nitrogens with one attached hydrogen (secondary N) is 1. The van der Waals surface area contributed by atoms with Gasteiger partial charge in [0, 0.05) is 24.9 Å². The number of nitrogens with zero attached hydrogens (tertiary/aromatic N) is 3. The zero-order valence-corrected chi connectivity index (χ0v) is 23.9. The van der Waals surface area contributed by atoms with E-state index in [4.69, 9.17) is 30.5 Å². The van der Waals surface area contributed by atoms with Crippen molar-refractivity contribution in [1.82, 2.24) is 9.78 Å². The monoisotopic (exact) mass is 578 g/mol. The minimum Gasteiger partial charge on any atom is -0.494 e. The van der Waals surface area contributed by atoms with Crippen LogP contribution in [0.2, 0.25) is 5.02 Å². The van der Waals surface area contributed by atoms with Crippen molar-refractivity contribution in [3.63, 3.8) is 0 Å². The van der Waals surface area contributed by atoms with Gasteiger partial charge in [-0.05, 0) is 69.7 Å². The Hall–Kier alpha value is -2.40. The van der Waals surface area contributed by atoms with Gasteiger partial charge in [0.15, 0.2) is 5.67 Å². The molecule has 11 heteroatoms. The van der Waals surface area contributed by atoms with E-state index in [9.17, 15) is 9.18 Å². The van der Waals surface area contributed by atoms with Crippen molar-refractivity contribution in [3.05, 3.63) is 45.8 Å².